The molecule has 0 aliphatic heterocycles. The number of hydrogen-bond donors (Lipinski definition) is 2. The fourth-order valence-corrected chi connectivity index (χ4v) is 1.42. The van der Waals surface area contributed by atoms with Gasteiger partial charge in [0.2, 0.25) is 0 Å². The molecular formula is C9H13NO3. The van der Waals surface area contributed by atoms with Gasteiger partial charge in [-0.05, 0) is 25.3 Å². The molecule has 4 heteroatoms. The van der Waals surface area contributed by atoms with Gasteiger partial charge in [0.1, 0.15) is 0 Å². The molecule has 0 aromatic rings. The SMILES string of the molecule is O=C(O)NCC[C@H]1CCC=CC1=O. The van der Waals surface area contributed by atoms with E-state index in [4.69, 9.17) is 5.11 Å². The van der Waals surface area contributed by atoms with Crippen molar-refractivity contribution in [2.45, 2.75) is 19.3 Å². The minimum absolute atomic E-state index is 0.0110. The van der Waals surface area contributed by atoms with Gasteiger partial charge in [0.05, 0.1) is 0 Å². The fraction of sp³-hybridized carbons (Fsp3) is 0.556. The van der Waals surface area contributed by atoms with Crippen LogP contribution in [0.2, 0.25) is 0 Å². The average molecular weight is 183 g/mol. The number of carbonyl (C=O) groups excluding carboxylic acids is 1. The highest BCUT2D eigenvalue weighted by molar-refractivity contribution is 5.92. The summed E-state index contributed by atoms with van der Waals surface area (Å²) in [6, 6.07) is 0. The summed E-state index contributed by atoms with van der Waals surface area (Å²) in [5.41, 5.74) is 0. The van der Waals surface area contributed by atoms with Crippen molar-refractivity contribution in [3.8, 4) is 0 Å². The van der Waals surface area contributed by atoms with Crippen molar-refractivity contribution in [3.63, 3.8) is 0 Å². The van der Waals surface area contributed by atoms with Crippen LogP contribution in [0.1, 0.15) is 19.3 Å². The highest BCUT2D eigenvalue weighted by Gasteiger charge is 2.17. The van der Waals surface area contributed by atoms with Crippen molar-refractivity contribution < 1.29 is 14.7 Å². The molecule has 0 saturated heterocycles. The molecule has 72 valence electrons. The number of nitrogens with one attached hydrogen (secondary N) is 1. The molecule has 0 aromatic carbocycles. The van der Waals surface area contributed by atoms with Gasteiger partial charge in [-0.2, -0.15) is 0 Å². The molecule has 13 heavy (non-hydrogen) atoms. The van der Waals surface area contributed by atoms with E-state index in [0.29, 0.717) is 13.0 Å². The highest BCUT2D eigenvalue weighted by atomic mass is 16.4. The number of allylic oxidation sites excluding steroid dienone is 2. The van der Waals surface area contributed by atoms with E-state index < -0.39 is 6.09 Å². The minimum Gasteiger partial charge on any atom is -0.465 e. The second kappa shape index (κ2) is 4.64. The smallest absolute Gasteiger partial charge is 0.404 e. The Bertz CT molecular complexity index is 235. The summed E-state index contributed by atoms with van der Waals surface area (Å²) in [6.07, 6.45) is 4.80. The van der Waals surface area contributed by atoms with Gasteiger partial charge in [-0.1, -0.05) is 6.08 Å². The van der Waals surface area contributed by atoms with Crippen LogP contribution in [0.3, 0.4) is 0 Å². The Morgan fingerprint density at radius 3 is 3.08 bits per heavy atom. The predicted molar refractivity (Wildman–Crippen MR) is 47.5 cm³/mol. The van der Waals surface area contributed by atoms with Crippen LogP contribution in [0, 0.1) is 5.92 Å². The first-order chi connectivity index (χ1) is 6.20. The van der Waals surface area contributed by atoms with Crippen molar-refractivity contribution >= 4 is 11.9 Å². The number of carboxylic acid groups (broad SMARTS) is 1. The zero-order valence-electron chi connectivity index (χ0n) is 7.32. The molecule has 0 bridgehead atoms. The van der Waals surface area contributed by atoms with Crippen LogP contribution in [-0.4, -0.2) is 23.5 Å². The molecule has 0 unspecified atom stereocenters. The summed E-state index contributed by atoms with van der Waals surface area (Å²) < 4.78 is 0. The van der Waals surface area contributed by atoms with Gasteiger partial charge >= 0.3 is 6.09 Å². The van der Waals surface area contributed by atoms with Crippen LogP contribution in [0.25, 0.3) is 0 Å². The summed E-state index contributed by atoms with van der Waals surface area (Å²) in [5, 5.41) is 10.6. The van der Waals surface area contributed by atoms with Gasteiger partial charge in [0, 0.05) is 12.5 Å². The summed E-state index contributed by atoms with van der Waals surface area (Å²) in [7, 11) is 0. The molecule has 0 saturated carbocycles. The number of ketones is 1. The molecular weight excluding hydrogens is 170 g/mol. The maximum Gasteiger partial charge on any atom is 0.404 e. The van der Waals surface area contributed by atoms with Gasteiger partial charge in [0.15, 0.2) is 5.78 Å². The normalized spacial score (nSPS) is 21.5. The molecule has 1 aliphatic rings. The zero-order chi connectivity index (χ0) is 9.68. The van der Waals surface area contributed by atoms with E-state index in [9.17, 15) is 9.59 Å². The number of carbonyl (C=O) groups is 2. The topological polar surface area (TPSA) is 66.4 Å². The van der Waals surface area contributed by atoms with E-state index in [1.807, 2.05) is 6.08 Å². The van der Waals surface area contributed by atoms with Crippen molar-refractivity contribution in [3.05, 3.63) is 12.2 Å². The highest BCUT2D eigenvalue weighted by Crippen LogP contribution is 2.17. The zero-order valence-corrected chi connectivity index (χ0v) is 7.32. The quantitative estimate of drug-likeness (QED) is 0.690. The van der Waals surface area contributed by atoms with Gasteiger partial charge in [-0.3, -0.25) is 4.79 Å². The lowest BCUT2D eigenvalue weighted by molar-refractivity contribution is -0.118. The number of amides is 1. The Morgan fingerprint density at radius 2 is 2.46 bits per heavy atom. The Balaban J connectivity index is 2.24. The van der Waals surface area contributed by atoms with E-state index in [0.717, 1.165) is 12.8 Å². The summed E-state index contributed by atoms with van der Waals surface area (Å²) in [4.78, 5) is 21.3. The molecule has 1 amide bonds. The predicted octanol–water partition coefficient (Wildman–Crippen LogP) is 1.18. The number of hydrogen-bond acceptors (Lipinski definition) is 2. The third-order valence-corrected chi connectivity index (χ3v) is 2.14. The third-order valence-electron chi connectivity index (χ3n) is 2.14. The van der Waals surface area contributed by atoms with Gasteiger partial charge in [-0.15, -0.1) is 0 Å². The second-order valence-electron chi connectivity index (χ2n) is 3.10. The average Bonchev–Trinajstić information content (AvgIpc) is 2.08. The molecule has 1 rings (SSSR count). The van der Waals surface area contributed by atoms with E-state index in [2.05, 4.69) is 5.32 Å². The van der Waals surface area contributed by atoms with Gasteiger partial charge in [-0.25, -0.2) is 4.79 Å². The summed E-state index contributed by atoms with van der Waals surface area (Å²) in [6.45, 7) is 0.361. The van der Waals surface area contributed by atoms with Gasteiger partial charge in [0.25, 0.3) is 0 Å². The van der Waals surface area contributed by atoms with Crippen LogP contribution in [-0.2, 0) is 4.79 Å². The largest absolute Gasteiger partial charge is 0.465 e. The van der Waals surface area contributed by atoms with E-state index in [1.54, 1.807) is 6.08 Å². The van der Waals surface area contributed by atoms with Crippen molar-refractivity contribution in [1.29, 1.82) is 0 Å². The lowest BCUT2D eigenvalue weighted by Gasteiger charge is -2.15. The fourth-order valence-electron chi connectivity index (χ4n) is 1.42. The van der Waals surface area contributed by atoms with E-state index >= 15 is 0 Å². The molecule has 0 radical (unpaired) electrons. The summed E-state index contributed by atoms with van der Waals surface area (Å²) >= 11 is 0. The molecule has 0 fully saturated rings. The van der Waals surface area contributed by atoms with Crippen LogP contribution in [0.4, 0.5) is 4.79 Å². The number of rotatable bonds is 3. The first kappa shape index (κ1) is 9.77. The lowest BCUT2D eigenvalue weighted by atomic mass is 9.90. The Labute approximate surface area is 76.6 Å². The molecule has 2 N–H and O–H groups in total. The minimum atomic E-state index is -1.03. The van der Waals surface area contributed by atoms with E-state index in [-0.39, 0.29) is 11.7 Å². The van der Waals surface area contributed by atoms with Gasteiger partial charge < -0.3 is 10.4 Å². The van der Waals surface area contributed by atoms with Crippen LogP contribution in [0.15, 0.2) is 12.2 Å². The summed E-state index contributed by atoms with van der Waals surface area (Å²) in [5.74, 6) is 0.135. The standard InChI is InChI=1S/C9H13NO3/c11-8-4-2-1-3-7(8)5-6-10-9(12)13/h2,4,7,10H,1,3,5-6H2,(H,12,13)/t7-/m1/s1. The van der Waals surface area contributed by atoms with Crippen LogP contribution in [0.5, 0.6) is 0 Å². The molecule has 0 aromatic heterocycles. The molecule has 0 spiro atoms. The second-order valence-corrected chi connectivity index (χ2v) is 3.10. The monoisotopic (exact) mass is 183 g/mol. The third kappa shape index (κ3) is 3.27. The molecule has 1 aliphatic carbocycles. The van der Waals surface area contributed by atoms with Crippen LogP contribution >= 0.6 is 0 Å². The molecule has 4 nitrogen and oxygen atoms in total. The first-order valence-corrected chi connectivity index (χ1v) is 4.37. The first-order valence-electron chi connectivity index (χ1n) is 4.37. The maximum absolute atomic E-state index is 11.2. The Kier molecular flexibility index (Phi) is 3.49. The maximum atomic E-state index is 11.2. The van der Waals surface area contributed by atoms with Crippen molar-refractivity contribution in [2.75, 3.05) is 6.54 Å². The van der Waals surface area contributed by atoms with Crippen molar-refractivity contribution in [1.82, 2.24) is 5.32 Å². The molecule has 0 heterocycles. The van der Waals surface area contributed by atoms with Crippen LogP contribution < -0.4 is 5.32 Å². The Hall–Kier alpha value is -1.32. The lowest BCUT2D eigenvalue weighted by Crippen LogP contribution is -2.26. The molecule has 1 atom stereocenters. The van der Waals surface area contributed by atoms with E-state index in [1.165, 1.54) is 0 Å². The van der Waals surface area contributed by atoms with Crippen molar-refractivity contribution in [2.24, 2.45) is 5.92 Å². The Morgan fingerprint density at radius 1 is 1.69 bits per heavy atom.